The summed E-state index contributed by atoms with van der Waals surface area (Å²) in [7, 11) is 0. The van der Waals surface area contributed by atoms with Crippen LogP contribution in [0.25, 0.3) is 0 Å². The first-order valence-corrected chi connectivity index (χ1v) is 6.39. The van der Waals surface area contributed by atoms with Gasteiger partial charge in [-0.1, -0.05) is 0 Å². The molecule has 0 heterocycles. The van der Waals surface area contributed by atoms with Crippen molar-refractivity contribution >= 4 is 39.9 Å². The number of carbonyl (C=O) groups is 1. The van der Waals surface area contributed by atoms with Crippen LogP contribution in [0.5, 0.6) is 0 Å². The summed E-state index contributed by atoms with van der Waals surface area (Å²) in [4.78, 5) is 23.1. The number of nitrogens with zero attached hydrogens (tertiary/aromatic N) is 2. The Bertz CT molecular complexity index is 477. The standard InChI is InChI=1S/C11H14IN3O3/c1-7(2)14(6-11(13)16)8-3-4-10(15(17)18)9(12)5-8/h3-5,7H,6H2,1-2H3,(H2,13,16). The van der Waals surface area contributed by atoms with Crippen molar-refractivity contribution in [2.45, 2.75) is 19.9 Å². The number of nitro groups is 1. The Hall–Kier alpha value is -1.38. The van der Waals surface area contributed by atoms with Gasteiger partial charge in [-0.05, 0) is 48.6 Å². The minimum Gasteiger partial charge on any atom is -0.368 e. The van der Waals surface area contributed by atoms with Crippen molar-refractivity contribution in [2.24, 2.45) is 5.73 Å². The lowest BCUT2D eigenvalue weighted by molar-refractivity contribution is -0.385. The summed E-state index contributed by atoms with van der Waals surface area (Å²) < 4.78 is 0.533. The molecule has 0 saturated carbocycles. The molecule has 0 unspecified atom stereocenters. The van der Waals surface area contributed by atoms with Crippen molar-refractivity contribution in [1.29, 1.82) is 0 Å². The van der Waals surface area contributed by atoms with E-state index in [0.717, 1.165) is 5.69 Å². The van der Waals surface area contributed by atoms with Crippen molar-refractivity contribution in [3.8, 4) is 0 Å². The number of rotatable bonds is 5. The van der Waals surface area contributed by atoms with Crippen molar-refractivity contribution in [2.75, 3.05) is 11.4 Å². The molecule has 1 aromatic rings. The van der Waals surface area contributed by atoms with E-state index in [9.17, 15) is 14.9 Å². The van der Waals surface area contributed by atoms with E-state index in [-0.39, 0.29) is 18.3 Å². The van der Waals surface area contributed by atoms with Gasteiger partial charge in [0, 0.05) is 17.8 Å². The number of hydrogen-bond donors (Lipinski definition) is 1. The van der Waals surface area contributed by atoms with Crippen molar-refractivity contribution in [3.63, 3.8) is 0 Å². The number of carbonyl (C=O) groups excluding carboxylic acids is 1. The maximum atomic E-state index is 11.0. The topological polar surface area (TPSA) is 89.5 Å². The number of nitro benzene ring substituents is 1. The highest BCUT2D eigenvalue weighted by atomic mass is 127. The summed E-state index contributed by atoms with van der Waals surface area (Å²) in [5, 5.41) is 10.7. The highest BCUT2D eigenvalue weighted by Crippen LogP contribution is 2.27. The molecule has 0 atom stereocenters. The summed E-state index contributed by atoms with van der Waals surface area (Å²) in [5.74, 6) is -0.433. The molecule has 0 aromatic heterocycles. The Morgan fingerprint density at radius 1 is 1.56 bits per heavy atom. The second kappa shape index (κ2) is 5.98. The van der Waals surface area contributed by atoms with Crippen molar-refractivity contribution in [1.82, 2.24) is 0 Å². The first kappa shape index (κ1) is 14.7. The summed E-state index contributed by atoms with van der Waals surface area (Å²) >= 11 is 1.91. The number of halogens is 1. The minimum atomic E-state index is -0.433. The molecule has 18 heavy (non-hydrogen) atoms. The van der Waals surface area contributed by atoms with E-state index in [1.165, 1.54) is 6.07 Å². The fraction of sp³-hybridized carbons (Fsp3) is 0.364. The van der Waals surface area contributed by atoms with Crippen LogP contribution in [0.1, 0.15) is 13.8 Å². The lowest BCUT2D eigenvalue weighted by Gasteiger charge is -2.27. The maximum Gasteiger partial charge on any atom is 0.282 e. The minimum absolute atomic E-state index is 0.0575. The molecule has 0 fully saturated rings. The van der Waals surface area contributed by atoms with E-state index in [0.29, 0.717) is 3.57 Å². The second-order valence-corrected chi connectivity index (χ2v) is 5.24. The van der Waals surface area contributed by atoms with E-state index in [1.54, 1.807) is 17.0 Å². The van der Waals surface area contributed by atoms with Crippen LogP contribution in [0.4, 0.5) is 11.4 Å². The first-order chi connectivity index (χ1) is 8.32. The molecule has 0 aliphatic carbocycles. The normalized spacial score (nSPS) is 10.4. The lowest BCUT2D eigenvalue weighted by Crippen LogP contribution is -2.38. The van der Waals surface area contributed by atoms with Crippen LogP contribution in [0.2, 0.25) is 0 Å². The summed E-state index contributed by atoms with van der Waals surface area (Å²) in [6.07, 6.45) is 0. The molecular formula is C11H14IN3O3. The number of anilines is 1. The van der Waals surface area contributed by atoms with Gasteiger partial charge >= 0.3 is 0 Å². The number of benzene rings is 1. The zero-order chi connectivity index (χ0) is 13.9. The summed E-state index contributed by atoms with van der Waals surface area (Å²) in [6.45, 7) is 3.94. The molecular weight excluding hydrogens is 349 g/mol. The molecule has 2 N–H and O–H groups in total. The summed E-state index contributed by atoms with van der Waals surface area (Å²) in [6, 6.07) is 4.83. The third-order valence-corrected chi connectivity index (χ3v) is 3.27. The third kappa shape index (κ3) is 3.56. The maximum absolute atomic E-state index is 11.0. The second-order valence-electron chi connectivity index (χ2n) is 4.08. The van der Waals surface area contributed by atoms with Gasteiger partial charge in [0.1, 0.15) is 0 Å². The van der Waals surface area contributed by atoms with E-state index >= 15 is 0 Å². The number of hydrogen-bond acceptors (Lipinski definition) is 4. The lowest BCUT2D eigenvalue weighted by atomic mass is 10.2. The van der Waals surface area contributed by atoms with Crippen LogP contribution < -0.4 is 10.6 Å². The van der Waals surface area contributed by atoms with Crippen molar-refractivity contribution in [3.05, 3.63) is 31.9 Å². The Balaban J connectivity index is 3.10. The van der Waals surface area contributed by atoms with Gasteiger partial charge in [0.25, 0.3) is 5.69 Å². The molecule has 1 amide bonds. The van der Waals surface area contributed by atoms with Gasteiger partial charge in [0.2, 0.25) is 5.91 Å². The average Bonchev–Trinajstić information content (AvgIpc) is 2.24. The first-order valence-electron chi connectivity index (χ1n) is 5.31. The number of primary amides is 1. The molecule has 7 heteroatoms. The predicted octanol–water partition coefficient (Wildman–Crippen LogP) is 1.90. The van der Waals surface area contributed by atoms with Gasteiger partial charge < -0.3 is 10.6 Å². The number of nitrogens with two attached hydrogens (primary N) is 1. The molecule has 6 nitrogen and oxygen atoms in total. The largest absolute Gasteiger partial charge is 0.368 e. The molecule has 1 rings (SSSR count). The molecule has 1 aromatic carbocycles. The zero-order valence-electron chi connectivity index (χ0n) is 10.1. The Morgan fingerprint density at radius 2 is 2.17 bits per heavy atom. The highest BCUT2D eigenvalue weighted by molar-refractivity contribution is 14.1. The van der Waals surface area contributed by atoms with Gasteiger partial charge in [-0.25, -0.2) is 0 Å². The SMILES string of the molecule is CC(C)N(CC(N)=O)c1ccc([N+](=O)[O-])c(I)c1. The number of amides is 1. The third-order valence-electron chi connectivity index (χ3n) is 2.41. The van der Waals surface area contributed by atoms with Gasteiger partial charge in [-0.2, -0.15) is 0 Å². The van der Waals surface area contributed by atoms with Crippen LogP contribution in [0.3, 0.4) is 0 Å². The fourth-order valence-electron chi connectivity index (χ4n) is 1.56. The van der Waals surface area contributed by atoms with Crippen molar-refractivity contribution < 1.29 is 9.72 Å². The van der Waals surface area contributed by atoms with Crippen LogP contribution in [-0.4, -0.2) is 23.4 Å². The van der Waals surface area contributed by atoms with Gasteiger partial charge in [0.05, 0.1) is 15.0 Å². The van der Waals surface area contributed by atoms with Gasteiger partial charge in [-0.3, -0.25) is 14.9 Å². The Morgan fingerprint density at radius 3 is 2.56 bits per heavy atom. The van der Waals surface area contributed by atoms with Crippen LogP contribution >= 0.6 is 22.6 Å². The molecule has 98 valence electrons. The zero-order valence-corrected chi connectivity index (χ0v) is 12.2. The Kier molecular flexibility index (Phi) is 4.88. The van der Waals surface area contributed by atoms with Gasteiger partial charge in [-0.15, -0.1) is 0 Å². The molecule has 0 aliphatic rings. The molecule has 0 saturated heterocycles. The monoisotopic (exact) mass is 363 g/mol. The molecule has 0 spiro atoms. The average molecular weight is 363 g/mol. The smallest absolute Gasteiger partial charge is 0.282 e. The Labute approximate surface area is 118 Å². The van der Waals surface area contributed by atoms with E-state index in [2.05, 4.69) is 0 Å². The van der Waals surface area contributed by atoms with Crippen LogP contribution in [0, 0.1) is 13.7 Å². The van der Waals surface area contributed by atoms with Gasteiger partial charge in [0.15, 0.2) is 0 Å². The van der Waals surface area contributed by atoms with Crippen LogP contribution in [-0.2, 0) is 4.79 Å². The highest BCUT2D eigenvalue weighted by Gasteiger charge is 2.17. The van der Waals surface area contributed by atoms with Crippen LogP contribution in [0.15, 0.2) is 18.2 Å². The fourth-order valence-corrected chi connectivity index (χ4v) is 2.26. The predicted molar refractivity (Wildman–Crippen MR) is 77.5 cm³/mol. The van der Waals surface area contributed by atoms with E-state index in [1.807, 2.05) is 36.4 Å². The summed E-state index contributed by atoms with van der Waals surface area (Å²) in [5.41, 5.74) is 6.00. The molecule has 0 aliphatic heterocycles. The molecule has 0 radical (unpaired) electrons. The quantitative estimate of drug-likeness (QED) is 0.492. The van der Waals surface area contributed by atoms with E-state index in [4.69, 9.17) is 5.73 Å². The molecule has 0 bridgehead atoms. The van der Waals surface area contributed by atoms with E-state index < -0.39 is 10.8 Å².